The van der Waals surface area contributed by atoms with Crippen LogP contribution in [0.25, 0.3) is 22.1 Å². The normalized spacial score (nSPS) is 25.6. The Labute approximate surface area is 195 Å². The van der Waals surface area contributed by atoms with Crippen LogP contribution in [0.3, 0.4) is 0 Å². The molecule has 3 aromatic rings. The number of aromatic hydroxyl groups is 2. The molecule has 6 N–H and O–H groups in total. The standard InChI is InChI=1S/C25H28O9/c1-25(2,3)15-8-13-18(28)14(11-4-6-12(27)7-5-11)10-33-23(13)17(19(15)29)24-22(32)21(31)20(30)16(9-26)34-24/h4-8,10,16,20-22,24,26-27,29-32H,9H2,1-3H3/t16-,20-,21+,22-,24+/m1/s1. The van der Waals surface area contributed by atoms with Gasteiger partial charge in [0.15, 0.2) is 0 Å². The lowest BCUT2D eigenvalue weighted by molar-refractivity contribution is -0.231. The minimum absolute atomic E-state index is 0.0405. The fourth-order valence-electron chi connectivity index (χ4n) is 4.30. The van der Waals surface area contributed by atoms with Crippen molar-refractivity contribution in [3.63, 3.8) is 0 Å². The van der Waals surface area contributed by atoms with E-state index in [0.717, 1.165) is 0 Å². The van der Waals surface area contributed by atoms with Crippen LogP contribution in [0.2, 0.25) is 0 Å². The van der Waals surface area contributed by atoms with Crippen molar-refractivity contribution in [2.24, 2.45) is 0 Å². The molecule has 9 nitrogen and oxygen atoms in total. The molecule has 0 unspecified atom stereocenters. The maximum atomic E-state index is 13.5. The molecule has 0 radical (unpaired) electrons. The number of phenolic OH excluding ortho intramolecular Hbond substituents is 2. The van der Waals surface area contributed by atoms with Crippen LogP contribution in [0, 0.1) is 0 Å². The molecule has 2 heterocycles. The lowest BCUT2D eigenvalue weighted by Gasteiger charge is -2.40. The maximum absolute atomic E-state index is 13.5. The molecule has 2 aromatic carbocycles. The van der Waals surface area contributed by atoms with Crippen LogP contribution in [-0.4, -0.2) is 61.7 Å². The number of aliphatic hydroxyl groups excluding tert-OH is 4. The Morgan fingerprint density at radius 1 is 0.971 bits per heavy atom. The van der Waals surface area contributed by atoms with Crippen LogP contribution < -0.4 is 5.43 Å². The summed E-state index contributed by atoms with van der Waals surface area (Å²) in [5.74, 6) is -0.247. The summed E-state index contributed by atoms with van der Waals surface area (Å²) in [5.41, 5.74) is -0.0604. The van der Waals surface area contributed by atoms with E-state index in [0.29, 0.717) is 11.1 Å². The summed E-state index contributed by atoms with van der Waals surface area (Å²) in [4.78, 5) is 13.5. The molecular formula is C25H28O9. The van der Waals surface area contributed by atoms with E-state index < -0.39 is 48.0 Å². The third-order valence-electron chi connectivity index (χ3n) is 6.24. The minimum atomic E-state index is -1.68. The zero-order chi connectivity index (χ0) is 24.9. The molecule has 0 spiro atoms. The predicted molar refractivity (Wildman–Crippen MR) is 123 cm³/mol. The zero-order valence-electron chi connectivity index (χ0n) is 19.0. The summed E-state index contributed by atoms with van der Waals surface area (Å²) in [6.07, 6.45) is -6.33. The number of hydrogen-bond donors (Lipinski definition) is 6. The molecular weight excluding hydrogens is 444 g/mol. The maximum Gasteiger partial charge on any atom is 0.200 e. The van der Waals surface area contributed by atoms with Gasteiger partial charge in [0, 0.05) is 5.56 Å². The van der Waals surface area contributed by atoms with Crippen molar-refractivity contribution in [2.75, 3.05) is 6.61 Å². The first-order chi connectivity index (χ1) is 16.0. The molecule has 5 atom stereocenters. The van der Waals surface area contributed by atoms with Gasteiger partial charge in [0.05, 0.1) is 23.1 Å². The second kappa shape index (κ2) is 8.68. The Kier molecular flexibility index (Phi) is 6.17. The number of benzene rings is 2. The lowest BCUT2D eigenvalue weighted by atomic mass is 9.81. The number of hydrogen-bond acceptors (Lipinski definition) is 9. The Morgan fingerprint density at radius 3 is 2.21 bits per heavy atom. The van der Waals surface area contributed by atoms with Crippen LogP contribution in [0.15, 0.2) is 45.8 Å². The summed E-state index contributed by atoms with van der Waals surface area (Å²) in [7, 11) is 0. The Morgan fingerprint density at radius 2 is 1.62 bits per heavy atom. The van der Waals surface area contributed by atoms with Crippen molar-refractivity contribution in [1.29, 1.82) is 0 Å². The molecule has 1 saturated heterocycles. The molecule has 0 bridgehead atoms. The number of phenols is 2. The molecule has 1 aliphatic rings. The van der Waals surface area contributed by atoms with Gasteiger partial charge in [-0.1, -0.05) is 32.9 Å². The van der Waals surface area contributed by atoms with Gasteiger partial charge in [-0.25, -0.2) is 0 Å². The topological polar surface area (TPSA) is 161 Å². The second-order valence-electron chi connectivity index (χ2n) is 9.59. The average molecular weight is 472 g/mol. The fourth-order valence-corrected chi connectivity index (χ4v) is 4.30. The Bertz CT molecular complexity index is 1250. The molecule has 0 amide bonds. The smallest absolute Gasteiger partial charge is 0.200 e. The first-order valence-corrected chi connectivity index (χ1v) is 10.9. The highest BCUT2D eigenvalue weighted by Gasteiger charge is 2.46. The van der Waals surface area contributed by atoms with Crippen molar-refractivity contribution in [3.05, 3.63) is 57.9 Å². The molecule has 182 valence electrons. The second-order valence-corrected chi connectivity index (χ2v) is 9.59. The molecule has 4 rings (SSSR count). The number of fused-ring (bicyclic) bond motifs is 1. The van der Waals surface area contributed by atoms with E-state index >= 15 is 0 Å². The van der Waals surface area contributed by atoms with Gasteiger partial charge in [0.25, 0.3) is 0 Å². The van der Waals surface area contributed by atoms with Gasteiger partial charge in [-0.2, -0.15) is 0 Å². The van der Waals surface area contributed by atoms with E-state index in [9.17, 15) is 35.4 Å². The van der Waals surface area contributed by atoms with E-state index in [-0.39, 0.29) is 33.6 Å². The molecule has 1 fully saturated rings. The highest BCUT2D eigenvalue weighted by Crippen LogP contribution is 2.45. The zero-order valence-corrected chi connectivity index (χ0v) is 19.0. The first-order valence-electron chi connectivity index (χ1n) is 10.9. The average Bonchev–Trinajstić information content (AvgIpc) is 2.78. The number of rotatable bonds is 3. The third-order valence-corrected chi connectivity index (χ3v) is 6.24. The molecule has 0 aliphatic carbocycles. The highest BCUT2D eigenvalue weighted by atomic mass is 16.5. The molecule has 34 heavy (non-hydrogen) atoms. The Hall–Kier alpha value is -2.95. The number of aliphatic hydroxyl groups is 4. The van der Waals surface area contributed by atoms with Gasteiger partial charge in [-0.3, -0.25) is 4.79 Å². The van der Waals surface area contributed by atoms with Crippen molar-refractivity contribution < 1.29 is 39.8 Å². The molecule has 9 heteroatoms. The summed E-state index contributed by atoms with van der Waals surface area (Å²) < 4.78 is 11.5. The van der Waals surface area contributed by atoms with Crippen molar-refractivity contribution in [2.45, 2.75) is 56.7 Å². The fraction of sp³-hybridized carbons (Fsp3) is 0.400. The summed E-state index contributed by atoms with van der Waals surface area (Å²) in [6, 6.07) is 7.54. The predicted octanol–water partition coefficient (Wildman–Crippen LogP) is 1.68. The van der Waals surface area contributed by atoms with E-state index in [4.69, 9.17) is 9.15 Å². The molecule has 1 aliphatic heterocycles. The third kappa shape index (κ3) is 3.95. The van der Waals surface area contributed by atoms with E-state index in [1.807, 2.05) is 20.8 Å². The largest absolute Gasteiger partial charge is 0.508 e. The minimum Gasteiger partial charge on any atom is -0.508 e. The van der Waals surface area contributed by atoms with Crippen molar-refractivity contribution in [1.82, 2.24) is 0 Å². The van der Waals surface area contributed by atoms with Gasteiger partial charge in [0.2, 0.25) is 5.43 Å². The van der Waals surface area contributed by atoms with Crippen molar-refractivity contribution in [3.8, 4) is 22.6 Å². The van der Waals surface area contributed by atoms with Crippen LogP contribution in [-0.2, 0) is 10.2 Å². The summed E-state index contributed by atoms with van der Waals surface area (Å²) in [6.45, 7) is 4.84. The summed E-state index contributed by atoms with van der Waals surface area (Å²) in [5, 5.41) is 61.7. The quantitative estimate of drug-likeness (QED) is 0.333. The molecule has 1 aromatic heterocycles. The summed E-state index contributed by atoms with van der Waals surface area (Å²) >= 11 is 0. The SMILES string of the molecule is CC(C)(C)c1cc2c(=O)c(-c3ccc(O)cc3)coc2c([C@@H]2O[C@H](CO)[C@@H](O)[C@H](O)[C@H]2O)c1O. The van der Waals surface area contributed by atoms with Gasteiger partial charge in [-0.05, 0) is 29.2 Å². The van der Waals surface area contributed by atoms with Crippen LogP contribution in [0.1, 0.15) is 38.0 Å². The molecule has 0 saturated carbocycles. The van der Waals surface area contributed by atoms with Crippen molar-refractivity contribution >= 4 is 11.0 Å². The highest BCUT2D eigenvalue weighted by molar-refractivity contribution is 5.87. The number of ether oxygens (including phenoxy) is 1. The van der Waals surface area contributed by atoms with Gasteiger partial charge in [-0.15, -0.1) is 0 Å². The first kappa shape index (κ1) is 24.2. The van der Waals surface area contributed by atoms with Crippen LogP contribution in [0.4, 0.5) is 0 Å². The Balaban J connectivity index is 2.01. The van der Waals surface area contributed by atoms with E-state index in [1.165, 1.54) is 24.5 Å². The lowest BCUT2D eigenvalue weighted by Crippen LogP contribution is -2.55. The van der Waals surface area contributed by atoms with Gasteiger partial charge < -0.3 is 39.8 Å². The van der Waals surface area contributed by atoms with Crippen LogP contribution in [0.5, 0.6) is 11.5 Å². The van der Waals surface area contributed by atoms with Gasteiger partial charge in [0.1, 0.15) is 53.9 Å². The monoisotopic (exact) mass is 472 g/mol. The van der Waals surface area contributed by atoms with E-state index in [2.05, 4.69) is 0 Å². The van der Waals surface area contributed by atoms with Crippen LogP contribution >= 0.6 is 0 Å². The van der Waals surface area contributed by atoms with Gasteiger partial charge >= 0.3 is 0 Å². The van der Waals surface area contributed by atoms with E-state index in [1.54, 1.807) is 12.1 Å².